The number of nitrogens with two attached hydrogens (primary N) is 1. The molecule has 1 atom stereocenters. The maximum Gasteiger partial charge on any atom is 0.236 e. The van der Waals surface area contributed by atoms with E-state index >= 15 is 0 Å². The molecule has 1 amide bonds. The summed E-state index contributed by atoms with van der Waals surface area (Å²) in [6.07, 6.45) is 0.766. The first-order chi connectivity index (χ1) is 7.50. The summed E-state index contributed by atoms with van der Waals surface area (Å²) >= 11 is 1.67. The summed E-state index contributed by atoms with van der Waals surface area (Å²) in [4.78, 5) is 15.7. The molecule has 90 valence electrons. The molecule has 0 radical (unpaired) electrons. The van der Waals surface area contributed by atoms with Crippen molar-refractivity contribution in [3.63, 3.8) is 0 Å². The van der Waals surface area contributed by atoms with Crippen LogP contribution in [0.2, 0.25) is 0 Å². The summed E-state index contributed by atoms with van der Waals surface area (Å²) in [7, 11) is 0. The molecular formula is C11H19N3OS. The van der Waals surface area contributed by atoms with E-state index < -0.39 is 6.04 Å². The standard InChI is InChI=1S/C11H19N3OS/c1-7(2)11-14-9(6-16-11)4-5-13-10(15)8(3)12/h6-8H,4-5,12H2,1-3H3,(H,13,15)/t8-/m1/s1. The fourth-order valence-electron chi connectivity index (χ4n) is 1.18. The van der Waals surface area contributed by atoms with E-state index in [1.54, 1.807) is 18.3 Å². The second-order valence-electron chi connectivity index (χ2n) is 4.16. The van der Waals surface area contributed by atoms with E-state index in [2.05, 4.69) is 24.1 Å². The van der Waals surface area contributed by atoms with E-state index in [4.69, 9.17) is 5.73 Å². The molecule has 0 saturated carbocycles. The first-order valence-corrected chi connectivity index (χ1v) is 6.36. The molecular weight excluding hydrogens is 222 g/mol. The Bertz CT molecular complexity index is 347. The zero-order valence-corrected chi connectivity index (χ0v) is 10.8. The molecule has 5 heteroatoms. The summed E-state index contributed by atoms with van der Waals surface area (Å²) < 4.78 is 0. The van der Waals surface area contributed by atoms with Gasteiger partial charge in [-0.05, 0) is 6.92 Å². The van der Waals surface area contributed by atoms with Gasteiger partial charge >= 0.3 is 0 Å². The number of hydrogen-bond acceptors (Lipinski definition) is 4. The van der Waals surface area contributed by atoms with Gasteiger partial charge in [-0.25, -0.2) is 4.98 Å². The molecule has 1 aromatic heterocycles. The summed E-state index contributed by atoms with van der Waals surface area (Å²) in [5, 5.41) is 5.97. The maximum atomic E-state index is 11.2. The van der Waals surface area contributed by atoms with Crippen LogP contribution in [0.15, 0.2) is 5.38 Å². The van der Waals surface area contributed by atoms with Crippen molar-refractivity contribution < 1.29 is 4.79 Å². The summed E-state index contributed by atoms with van der Waals surface area (Å²) in [5.41, 5.74) is 6.47. The van der Waals surface area contributed by atoms with Crippen LogP contribution in [0.1, 0.15) is 37.4 Å². The van der Waals surface area contributed by atoms with Crippen LogP contribution in [0.3, 0.4) is 0 Å². The fourth-order valence-corrected chi connectivity index (χ4v) is 2.05. The number of carbonyl (C=O) groups is 1. The average Bonchev–Trinajstić information content (AvgIpc) is 2.66. The third kappa shape index (κ3) is 3.90. The second kappa shape index (κ2) is 5.96. The zero-order chi connectivity index (χ0) is 12.1. The van der Waals surface area contributed by atoms with Gasteiger partial charge < -0.3 is 11.1 Å². The number of amides is 1. The normalized spacial score (nSPS) is 12.8. The molecule has 0 aliphatic rings. The van der Waals surface area contributed by atoms with E-state index in [0.29, 0.717) is 12.5 Å². The maximum absolute atomic E-state index is 11.2. The summed E-state index contributed by atoms with van der Waals surface area (Å²) in [6, 6.07) is -0.443. The molecule has 0 unspecified atom stereocenters. The van der Waals surface area contributed by atoms with Crippen molar-refractivity contribution in [1.82, 2.24) is 10.3 Å². The van der Waals surface area contributed by atoms with Crippen LogP contribution < -0.4 is 11.1 Å². The van der Waals surface area contributed by atoms with Crippen LogP contribution in [0.4, 0.5) is 0 Å². The van der Waals surface area contributed by atoms with E-state index in [1.165, 1.54) is 0 Å². The number of nitrogens with zero attached hydrogens (tertiary/aromatic N) is 1. The van der Waals surface area contributed by atoms with Crippen LogP contribution in [-0.2, 0) is 11.2 Å². The lowest BCUT2D eigenvalue weighted by Crippen LogP contribution is -2.39. The lowest BCUT2D eigenvalue weighted by molar-refractivity contribution is -0.121. The molecule has 0 fully saturated rings. The van der Waals surface area contributed by atoms with E-state index in [1.807, 2.05) is 5.38 Å². The predicted molar refractivity (Wildman–Crippen MR) is 66.6 cm³/mol. The van der Waals surface area contributed by atoms with Crippen molar-refractivity contribution >= 4 is 17.2 Å². The average molecular weight is 241 g/mol. The van der Waals surface area contributed by atoms with Crippen molar-refractivity contribution in [1.29, 1.82) is 0 Å². The van der Waals surface area contributed by atoms with E-state index in [9.17, 15) is 4.79 Å². The van der Waals surface area contributed by atoms with E-state index in [-0.39, 0.29) is 5.91 Å². The van der Waals surface area contributed by atoms with Crippen molar-refractivity contribution in [3.8, 4) is 0 Å². The van der Waals surface area contributed by atoms with Gasteiger partial charge in [0.2, 0.25) is 5.91 Å². The van der Waals surface area contributed by atoms with Crippen LogP contribution in [0.5, 0.6) is 0 Å². The number of carbonyl (C=O) groups excluding carboxylic acids is 1. The Morgan fingerprint density at radius 3 is 2.75 bits per heavy atom. The van der Waals surface area contributed by atoms with Crippen LogP contribution in [0.25, 0.3) is 0 Å². The van der Waals surface area contributed by atoms with Gasteiger partial charge in [0.1, 0.15) is 0 Å². The lowest BCUT2D eigenvalue weighted by atomic mass is 10.2. The molecule has 0 aliphatic heterocycles. The Labute approximate surface area is 100 Å². The summed E-state index contributed by atoms with van der Waals surface area (Å²) in [5.74, 6) is 0.358. The molecule has 0 aromatic carbocycles. The van der Waals surface area contributed by atoms with Crippen molar-refractivity contribution in [2.75, 3.05) is 6.54 Å². The lowest BCUT2D eigenvalue weighted by Gasteiger charge is -2.06. The molecule has 1 heterocycles. The van der Waals surface area contributed by atoms with Crippen LogP contribution in [0, 0.1) is 0 Å². The van der Waals surface area contributed by atoms with Gasteiger partial charge in [-0.1, -0.05) is 13.8 Å². The Balaban J connectivity index is 2.35. The molecule has 1 rings (SSSR count). The van der Waals surface area contributed by atoms with Crippen molar-refractivity contribution in [3.05, 3.63) is 16.1 Å². The monoisotopic (exact) mass is 241 g/mol. The van der Waals surface area contributed by atoms with Gasteiger partial charge in [0.15, 0.2) is 0 Å². The number of thiazole rings is 1. The van der Waals surface area contributed by atoms with Gasteiger partial charge in [0, 0.05) is 24.3 Å². The Kier molecular flexibility index (Phi) is 4.89. The highest BCUT2D eigenvalue weighted by atomic mass is 32.1. The number of nitrogens with one attached hydrogen (secondary N) is 1. The SMILES string of the molecule is CC(C)c1nc(CCNC(=O)[C@@H](C)N)cs1. The molecule has 0 bridgehead atoms. The van der Waals surface area contributed by atoms with Gasteiger partial charge in [0.25, 0.3) is 0 Å². The Hall–Kier alpha value is -0.940. The molecule has 4 nitrogen and oxygen atoms in total. The molecule has 1 aromatic rings. The minimum Gasteiger partial charge on any atom is -0.354 e. The van der Waals surface area contributed by atoms with Crippen molar-refractivity contribution in [2.24, 2.45) is 5.73 Å². The van der Waals surface area contributed by atoms with Gasteiger partial charge in [0.05, 0.1) is 16.7 Å². The second-order valence-corrected chi connectivity index (χ2v) is 5.05. The molecule has 0 spiro atoms. The highest BCUT2D eigenvalue weighted by Gasteiger charge is 2.08. The fraction of sp³-hybridized carbons (Fsp3) is 0.636. The first kappa shape index (κ1) is 13.1. The number of rotatable bonds is 5. The van der Waals surface area contributed by atoms with E-state index in [0.717, 1.165) is 17.1 Å². The Morgan fingerprint density at radius 1 is 1.56 bits per heavy atom. The zero-order valence-electron chi connectivity index (χ0n) is 9.99. The first-order valence-electron chi connectivity index (χ1n) is 5.48. The minimum absolute atomic E-state index is 0.112. The van der Waals surface area contributed by atoms with Crippen LogP contribution in [-0.4, -0.2) is 23.5 Å². The number of aromatic nitrogens is 1. The smallest absolute Gasteiger partial charge is 0.236 e. The molecule has 16 heavy (non-hydrogen) atoms. The van der Waals surface area contributed by atoms with Crippen LogP contribution >= 0.6 is 11.3 Å². The molecule has 0 saturated heterocycles. The summed E-state index contributed by atoms with van der Waals surface area (Å²) in [6.45, 7) is 6.53. The minimum atomic E-state index is -0.443. The van der Waals surface area contributed by atoms with Crippen molar-refractivity contribution in [2.45, 2.75) is 39.2 Å². The van der Waals surface area contributed by atoms with Gasteiger partial charge in [-0.3, -0.25) is 4.79 Å². The highest BCUT2D eigenvalue weighted by molar-refractivity contribution is 7.09. The third-order valence-corrected chi connectivity index (χ3v) is 3.35. The topological polar surface area (TPSA) is 68.0 Å². The number of hydrogen-bond donors (Lipinski definition) is 2. The Morgan fingerprint density at radius 2 is 2.25 bits per heavy atom. The molecule has 0 aliphatic carbocycles. The largest absolute Gasteiger partial charge is 0.354 e. The third-order valence-electron chi connectivity index (χ3n) is 2.16. The molecule has 3 N–H and O–H groups in total. The highest BCUT2D eigenvalue weighted by Crippen LogP contribution is 2.19. The van der Waals surface area contributed by atoms with Gasteiger partial charge in [-0.15, -0.1) is 11.3 Å². The predicted octanol–water partition coefficient (Wildman–Crippen LogP) is 1.27. The quantitative estimate of drug-likeness (QED) is 0.816. The van der Waals surface area contributed by atoms with Gasteiger partial charge in [-0.2, -0.15) is 0 Å².